The van der Waals surface area contributed by atoms with E-state index in [9.17, 15) is 0 Å². The fourth-order valence-corrected chi connectivity index (χ4v) is 3.51. The van der Waals surface area contributed by atoms with E-state index in [4.69, 9.17) is 4.74 Å². The van der Waals surface area contributed by atoms with E-state index in [1.807, 2.05) is 0 Å². The predicted octanol–water partition coefficient (Wildman–Crippen LogP) is 3.63. The molecule has 1 aromatic rings. The largest absolute Gasteiger partial charge is 0.378 e. The molecule has 0 saturated carbocycles. The maximum atomic E-state index is 5.78. The number of aryl methyl sites for hydroxylation is 1. The Morgan fingerprint density at radius 2 is 2.37 bits per heavy atom. The van der Waals surface area contributed by atoms with E-state index in [1.165, 1.54) is 24.3 Å². The average molecular weight is 282 g/mol. The molecule has 0 radical (unpaired) electrons. The van der Waals surface area contributed by atoms with Crippen molar-refractivity contribution in [2.24, 2.45) is 0 Å². The molecule has 3 nitrogen and oxygen atoms in total. The topological polar surface area (TPSA) is 34.1 Å². The summed E-state index contributed by atoms with van der Waals surface area (Å²) in [5.74, 6) is 0. The van der Waals surface area contributed by atoms with Gasteiger partial charge in [0.2, 0.25) is 0 Å². The minimum absolute atomic E-state index is 0.00753. The van der Waals surface area contributed by atoms with Crippen LogP contribution in [0.4, 0.5) is 0 Å². The number of ether oxygens (including phenoxy) is 1. The molecular formula is C15H26N2OS. The summed E-state index contributed by atoms with van der Waals surface area (Å²) >= 11 is 1.76. The maximum Gasteiger partial charge on any atom is 0.113 e. The van der Waals surface area contributed by atoms with E-state index in [2.05, 4.69) is 36.5 Å². The van der Waals surface area contributed by atoms with Crippen LogP contribution in [0.3, 0.4) is 0 Å². The Bertz CT molecular complexity index is 387. The molecule has 2 atom stereocenters. The van der Waals surface area contributed by atoms with Crippen molar-refractivity contribution >= 4 is 11.3 Å². The molecule has 1 N–H and O–H groups in total. The Balaban J connectivity index is 1.84. The summed E-state index contributed by atoms with van der Waals surface area (Å²) in [7, 11) is 0. The lowest BCUT2D eigenvalue weighted by Gasteiger charge is -2.29. The van der Waals surface area contributed by atoms with Gasteiger partial charge in [-0.25, -0.2) is 4.98 Å². The zero-order valence-electron chi connectivity index (χ0n) is 12.4. The van der Waals surface area contributed by atoms with Gasteiger partial charge >= 0.3 is 0 Å². The quantitative estimate of drug-likeness (QED) is 0.865. The summed E-state index contributed by atoms with van der Waals surface area (Å²) in [6.45, 7) is 8.49. The van der Waals surface area contributed by atoms with Crippen LogP contribution in [0.15, 0.2) is 5.38 Å². The molecule has 108 valence electrons. The molecule has 1 aliphatic heterocycles. The Morgan fingerprint density at radius 3 is 2.95 bits per heavy atom. The second-order valence-corrected chi connectivity index (χ2v) is 6.54. The first-order chi connectivity index (χ1) is 9.14. The third kappa shape index (κ3) is 4.01. The highest BCUT2D eigenvalue weighted by molar-refractivity contribution is 7.09. The van der Waals surface area contributed by atoms with Gasteiger partial charge < -0.3 is 10.1 Å². The molecule has 19 heavy (non-hydrogen) atoms. The Morgan fingerprint density at radius 1 is 1.53 bits per heavy atom. The molecule has 2 heterocycles. The van der Waals surface area contributed by atoms with Crippen LogP contribution >= 0.6 is 11.3 Å². The molecule has 1 fully saturated rings. The van der Waals surface area contributed by atoms with Crippen molar-refractivity contribution in [2.45, 2.75) is 64.5 Å². The van der Waals surface area contributed by atoms with Gasteiger partial charge in [0.05, 0.1) is 11.6 Å². The second kappa shape index (κ2) is 6.82. The second-order valence-electron chi connectivity index (χ2n) is 5.68. The molecular weight excluding hydrogens is 256 g/mol. The molecule has 0 aromatic carbocycles. The first kappa shape index (κ1) is 14.9. The molecule has 0 spiro atoms. The van der Waals surface area contributed by atoms with Crippen molar-refractivity contribution in [3.8, 4) is 0 Å². The number of aromatic nitrogens is 1. The highest BCUT2D eigenvalue weighted by Gasteiger charge is 2.27. The van der Waals surface area contributed by atoms with Crippen molar-refractivity contribution in [3.05, 3.63) is 16.1 Å². The molecule has 0 bridgehead atoms. The lowest BCUT2D eigenvalue weighted by atomic mass is 9.99. The molecule has 4 heteroatoms. The van der Waals surface area contributed by atoms with Crippen LogP contribution in [-0.4, -0.2) is 24.2 Å². The van der Waals surface area contributed by atoms with E-state index >= 15 is 0 Å². The summed E-state index contributed by atoms with van der Waals surface area (Å²) in [6.07, 6.45) is 6.41. The number of hydrogen-bond acceptors (Lipinski definition) is 4. The van der Waals surface area contributed by atoms with E-state index in [0.29, 0.717) is 6.10 Å². The molecule has 1 aliphatic rings. The number of thiazole rings is 1. The van der Waals surface area contributed by atoms with Crippen molar-refractivity contribution in [3.63, 3.8) is 0 Å². The fraction of sp³-hybridized carbons (Fsp3) is 0.800. The summed E-state index contributed by atoms with van der Waals surface area (Å²) in [5, 5.41) is 7.03. The van der Waals surface area contributed by atoms with Crippen molar-refractivity contribution < 1.29 is 4.74 Å². The van der Waals surface area contributed by atoms with Gasteiger partial charge in [0.1, 0.15) is 5.01 Å². The number of nitrogens with one attached hydrogen (secondary N) is 1. The summed E-state index contributed by atoms with van der Waals surface area (Å²) in [5.41, 5.74) is 1.13. The summed E-state index contributed by atoms with van der Waals surface area (Å²) < 4.78 is 5.78. The maximum absolute atomic E-state index is 5.78. The van der Waals surface area contributed by atoms with Gasteiger partial charge in [-0.3, -0.25) is 0 Å². The van der Waals surface area contributed by atoms with Crippen molar-refractivity contribution in [1.29, 1.82) is 0 Å². The molecule has 0 aliphatic carbocycles. The Kier molecular flexibility index (Phi) is 5.37. The third-order valence-electron chi connectivity index (χ3n) is 4.05. The number of rotatable bonds is 6. The Hall–Kier alpha value is -0.450. The van der Waals surface area contributed by atoms with Gasteiger partial charge in [0.25, 0.3) is 0 Å². The van der Waals surface area contributed by atoms with Crippen LogP contribution in [0.2, 0.25) is 0 Å². The minimum Gasteiger partial charge on any atom is -0.378 e. The monoisotopic (exact) mass is 282 g/mol. The molecule has 0 amide bonds. The lowest BCUT2D eigenvalue weighted by molar-refractivity contribution is 0.0104. The SMILES string of the molecule is CC[C@](C)(NCC[C@@H]1CCCCO1)c1nc(C)cs1. The van der Waals surface area contributed by atoms with E-state index in [0.717, 1.165) is 31.7 Å². The molecule has 1 saturated heterocycles. The minimum atomic E-state index is 0.00753. The van der Waals surface area contributed by atoms with E-state index in [-0.39, 0.29) is 5.54 Å². The highest BCUT2D eigenvalue weighted by atomic mass is 32.1. The average Bonchev–Trinajstić information content (AvgIpc) is 2.87. The first-order valence-corrected chi connectivity index (χ1v) is 8.31. The van der Waals surface area contributed by atoms with Crippen molar-refractivity contribution in [1.82, 2.24) is 10.3 Å². The van der Waals surface area contributed by atoms with Gasteiger partial charge in [-0.2, -0.15) is 0 Å². The van der Waals surface area contributed by atoms with Crippen LogP contribution in [0.5, 0.6) is 0 Å². The van der Waals surface area contributed by atoms with Crippen LogP contribution in [-0.2, 0) is 10.3 Å². The number of hydrogen-bond donors (Lipinski definition) is 1. The van der Waals surface area contributed by atoms with E-state index < -0.39 is 0 Å². The normalized spacial score (nSPS) is 23.2. The van der Waals surface area contributed by atoms with Gasteiger partial charge in [0, 0.05) is 17.7 Å². The lowest BCUT2D eigenvalue weighted by Crippen LogP contribution is -2.40. The van der Waals surface area contributed by atoms with Crippen LogP contribution < -0.4 is 5.32 Å². The van der Waals surface area contributed by atoms with Gasteiger partial charge in [-0.1, -0.05) is 6.92 Å². The summed E-state index contributed by atoms with van der Waals surface area (Å²) in [6, 6.07) is 0. The highest BCUT2D eigenvalue weighted by Crippen LogP contribution is 2.27. The third-order valence-corrected chi connectivity index (χ3v) is 5.28. The molecule has 0 unspecified atom stereocenters. The fourth-order valence-electron chi connectivity index (χ4n) is 2.50. The molecule has 1 aromatic heterocycles. The van der Waals surface area contributed by atoms with Gasteiger partial charge in [-0.15, -0.1) is 11.3 Å². The van der Waals surface area contributed by atoms with Crippen LogP contribution in [0.25, 0.3) is 0 Å². The van der Waals surface area contributed by atoms with Gasteiger partial charge in [0.15, 0.2) is 0 Å². The van der Waals surface area contributed by atoms with E-state index in [1.54, 1.807) is 11.3 Å². The summed E-state index contributed by atoms with van der Waals surface area (Å²) in [4.78, 5) is 4.64. The predicted molar refractivity (Wildman–Crippen MR) is 80.7 cm³/mol. The standard InChI is InChI=1S/C15H26N2OS/c1-4-15(3,14-17-12(2)11-19-14)16-9-8-13-7-5-6-10-18-13/h11,13,16H,4-10H2,1-3H3/t13-,15-/m0/s1. The zero-order chi connectivity index (χ0) is 13.7. The zero-order valence-corrected chi connectivity index (χ0v) is 13.2. The van der Waals surface area contributed by atoms with Crippen molar-refractivity contribution in [2.75, 3.05) is 13.2 Å². The molecule has 2 rings (SSSR count). The van der Waals surface area contributed by atoms with Crippen LogP contribution in [0, 0.1) is 6.92 Å². The smallest absolute Gasteiger partial charge is 0.113 e. The Labute approximate surface area is 120 Å². The first-order valence-electron chi connectivity index (χ1n) is 7.43. The van der Waals surface area contributed by atoms with Crippen LogP contribution in [0.1, 0.15) is 56.7 Å². The number of nitrogens with zero attached hydrogens (tertiary/aromatic N) is 1. The van der Waals surface area contributed by atoms with Gasteiger partial charge in [-0.05, 0) is 52.5 Å².